The van der Waals surface area contributed by atoms with E-state index in [9.17, 15) is 9.59 Å². The topological polar surface area (TPSA) is 71.1 Å². The number of rotatable bonds is 7. The van der Waals surface area contributed by atoms with E-state index in [0.29, 0.717) is 12.3 Å². The van der Waals surface area contributed by atoms with Crippen molar-refractivity contribution in [1.82, 2.24) is 15.6 Å². The van der Waals surface area contributed by atoms with Crippen LogP contribution in [0.1, 0.15) is 12.5 Å². The lowest BCUT2D eigenvalue weighted by molar-refractivity contribution is -0.127. The number of nitrogens with one attached hydrogen (secondary N) is 2. The van der Waals surface area contributed by atoms with Gasteiger partial charge in [-0.3, -0.25) is 14.6 Å². The van der Waals surface area contributed by atoms with Gasteiger partial charge in [-0.05, 0) is 23.8 Å². The minimum absolute atomic E-state index is 0.201. The zero-order chi connectivity index (χ0) is 16.5. The molecule has 2 amide bonds. The highest BCUT2D eigenvalue weighted by Crippen LogP contribution is 2.18. The number of hydrogen-bond acceptors (Lipinski definition) is 4. The average Bonchev–Trinajstić information content (AvgIpc) is 2.58. The molecule has 6 heteroatoms. The van der Waals surface area contributed by atoms with E-state index in [1.807, 2.05) is 42.5 Å². The standard InChI is InChI=1S/C17H19N3O2S/c1-13(21)20-16(12-23-15-7-3-2-4-8-15)17(22)19-11-14-6-5-9-18-10-14/h2-10,16H,11-12H2,1H3,(H,19,22)(H,20,21). The number of pyridine rings is 1. The van der Waals surface area contributed by atoms with Crippen molar-refractivity contribution in [3.63, 3.8) is 0 Å². The molecule has 0 radical (unpaired) electrons. The number of carbonyl (C=O) groups is 2. The third-order valence-electron chi connectivity index (χ3n) is 3.04. The molecule has 5 nitrogen and oxygen atoms in total. The van der Waals surface area contributed by atoms with Crippen molar-refractivity contribution < 1.29 is 9.59 Å². The molecule has 0 aliphatic heterocycles. The highest BCUT2D eigenvalue weighted by atomic mass is 32.2. The van der Waals surface area contributed by atoms with Crippen molar-refractivity contribution in [1.29, 1.82) is 0 Å². The van der Waals surface area contributed by atoms with Gasteiger partial charge < -0.3 is 10.6 Å². The fraction of sp³-hybridized carbons (Fsp3) is 0.235. The Morgan fingerprint density at radius 1 is 1.17 bits per heavy atom. The molecule has 0 fully saturated rings. The molecule has 0 bridgehead atoms. The predicted molar refractivity (Wildman–Crippen MR) is 90.9 cm³/mol. The lowest BCUT2D eigenvalue weighted by atomic mass is 10.2. The molecule has 1 aromatic carbocycles. The summed E-state index contributed by atoms with van der Waals surface area (Å²) in [5.74, 6) is 0.0512. The third-order valence-corrected chi connectivity index (χ3v) is 4.15. The first-order valence-electron chi connectivity index (χ1n) is 7.26. The summed E-state index contributed by atoms with van der Waals surface area (Å²) in [6.07, 6.45) is 3.38. The van der Waals surface area contributed by atoms with E-state index in [0.717, 1.165) is 10.5 Å². The van der Waals surface area contributed by atoms with E-state index in [1.165, 1.54) is 18.7 Å². The van der Waals surface area contributed by atoms with Gasteiger partial charge in [-0.15, -0.1) is 11.8 Å². The molecule has 0 aliphatic carbocycles. The number of hydrogen-bond donors (Lipinski definition) is 2. The number of thioether (sulfide) groups is 1. The predicted octanol–water partition coefficient (Wildman–Crippen LogP) is 1.99. The molecule has 0 saturated heterocycles. The molecule has 2 aromatic rings. The van der Waals surface area contributed by atoms with Crippen LogP contribution in [0.15, 0.2) is 59.8 Å². The molecule has 0 saturated carbocycles. The Hall–Kier alpha value is -2.34. The SMILES string of the molecule is CC(=O)NC(CSc1ccccc1)C(=O)NCc1cccnc1. The van der Waals surface area contributed by atoms with Crippen LogP contribution in [-0.4, -0.2) is 28.6 Å². The van der Waals surface area contributed by atoms with E-state index in [4.69, 9.17) is 0 Å². The van der Waals surface area contributed by atoms with Gasteiger partial charge in [0, 0.05) is 36.5 Å². The molecule has 1 atom stereocenters. The maximum absolute atomic E-state index is 12.3. The molecule has 120 valence electrons. The first-order chi connectivity index (χ1) is 11.1. The quantitative estimate of drug-likeness (QED) is 0.762. The zero-order valence-corrected chi connectivity index (χ0v) is 13.7. The second kappa shape index (κ2) is 8.95. The van der Waals surface area contributed by atoms with Crippen LogP contribution in [0.25, 0.3) is 0 Å². The molecule has 0 spiro atoms. The fourth-order valence-electron chi connectivity index (χ4n) is 1.94. The van der Waals surface area contributed by atoms with Gasteiger partial charge in [-0.25, -0.2) is 0 Å². The summed E-state index contributed by atoms with van der Waals surface area (Å²) in [5, 5.41) is 5.53. The smallest absolute Gasteiger partial charge is 0.243 e. The second-order valence-electron chi connectivity index (χ2n) is 4.96. The Kier molecular flexibility index (Phi) is 6.62. The summed E-state index contributed by atoms with van der Waals surface area (Å²) in [4.78, 5) is 28.7. The van der Waals surface area contributed by atoms with Gasteiger partial charge in [-0.1, -0.05) is 24.3 Å². The minimum atomic E-state index is -0.575. The number of amides is 2. The van der Waals surface area contributed by atoms with E-state index in [1.54, 1.807) is 12.4 Å². The molecule has 1 heterocycles. The van der Waals surface area contributed by atoms with Crippen LogP contribution < -0.4 is 10.6 Å². The molecule has 23 heavy (non-hydrogen) atoms. The average molecular weight is 329 g/mol. The lowest BCUT2D eigenvalue weighted by Crippen LogP contribution is -2.47. The van der Waals surface area contributed by atoms with Crippen molar-refractivity contribution in [2.75, 3.05) is 5.75 Å². The van der Waals surface area contributed by atoms with Gasteiger partial charge in [0.05, 0.1) is 0 Å². The normalized spacial score (nSPS) is 11.5. The summed E-state index contributed by atoms with van der Waals surface area (Å²) >= 11 is 1.53. The molecular formula is C17H19N3O2S. The Balaban J connectivity index is 1.91. The van der Waals surface area contributed by atoms with Crippen molar-refractivity contribution in [2.24, 2.45) is 0 Å². The highest BCUT2D eigenvalue weighted by molar-refractivity contribution is 7.99. The maximum atomic E-state index is 12.3. The Labute approximate surface area is 139 Å². The first kappa shape index (κ1) is 17.0. The maximum Gasteiger partial charge on any atom is 0.243 e. The van der Waals surface area contributed by atoms with Gasteiger partial charge in [-0.2, -0.15) is 0 Å². The van der Waals surface area contributed by atoms with E-state index < -0.39 is 6.04 Å². The summed E-state index contributed by atoms with van der Waals surface area (Å²) in [7, 11) is 0. The molecule has 1 aromatic heterocycles. The summed E-state index contributed by atoms with van der Waals surface area (Å²) in [5.41, 5.74) is 0.915. The van der Waals surface area contributed by atoms with Crippen LogP contribution in [0.2, 0.25) is 0 Å². The third kappa shape index (κ3) is 6.12. The zero-order valence-electron chi connectivity index (χ0n) is 12.9. The lowest BCUT2D eigenvalue weighted by Gasteiger charge is -2.17. The Morgan fingerprint density at radius 3 is 2.61 bits per heavy atom. The van der Waals surface area contributed by atoms with Gasteiger partial charge in [0.2, 0.25) is 11.8 Å². The van der Waals surface area contributed by atoms with Crippen molar-refractivity contribution in [2.45, 2.75) is 24.4 Å². The molecule has 2 rings (SSSR count). The molecule has 0 aliphatic rings. The van der Waals surface area contributed by atoms with Crippen LogP contribution in [0.3, 0.4) is 0 Å². The van der Waals surface area contributed by atoms with Crippen LogP contribution >= 0.6 is 11.8 Å². The number of carbonyl (C=O) groups excluding carboxylic acids is 2. The molecule has 1 unspecified atom stereocenters. The number of nitrogens with zero attached hydrogens (tertiary/aromatic N) is 1. The van der Waals surface area contributed by atoms with Gasteiger partial charge in [0.25, 0.3) is 0 Å². The summed E-state index contributed by atoms with van der Waals surface area (Å²) in [6.45, 7) is 1.80. The second-order valence-corrected chi connectivity index (χ2v) is 6.05. The molecular weight excluding hydrogens is 310 g/mol. The Bertz CT molecular complexity index is 635. The van der Waals surface area contributed by atoms with E-state index in [-0.39, 0.29) is 11.8 Å². The minimum Gasteiger partial charge on any atom is -0.350 e. The van der Waals surface area contributed by atoms with Gasteiger partial charge in [0.1, 0.15) is 6.04 Å². The fourth-order valence-corrected chi connectivity index (χ4v) is 2.88. The number of aromatic nitrogens is 1. The van der Waals surface area contributed by atoms with Crippen molar-refractivity contribution in [3.8, 4) is 0 Å². The van der Waals surface area contributed by atoms with Gasteiger partial charge >= 0.3 is 0 Å². The first-order valence-corrected chi connectivity index (χ1v) is 8.25. The van der Waals surface area contributed by atoms with Crippen LogP contribution in [0, 0.1) is 0 Å². The van der Waals surface area contributed by atoms with Crippen molar-refractivity contribution in [3.05, 3.63) is 60.4 Å². The van der Waals surface area contributed by atoms with Crippen LogP contribution in [0.5, 0.6) is 0 Å². The largest absolute Gasteiger partial charge is 0.350 e. The van der Waals surface area contributed by atoms with Crippen molar-refractivity contribution >= 4 is 23.6 Å². The van der Waals surface area contributed by atoms with Crippen LogP contribution in [0.4, 0.5) is 0 Å². The van der Waals surface area contributed by atoms with Crippen LogP contribution in [-0.2, 0) is 16.1 Å². The van der Waals surface area contributed by atoms with E-state index >= 15 is 0 Å². The van der Waals surface area contributed by atoms with Gasteiger partial charge in [0.15, 0.2) is 0 Å². The summed E-state index contributed by atoms with van der Waals surface area (Å²) < 4.78 is 0. The number of benzene rings is 1. The Morgan fingerprint density at radius 2 is 1.96 bits per heavy atom. The highest BCUT2D eigenvalue weighted by Gasteiger charge is 2.19. The monoisotopic (exact) mass is 329 g/mol. The summed E-state index contributed by atoms with van der Waals surface area (Å²) in [6, 6.07) is 12.9. The van der Waals surface area contributed by atoms with E-state index in [2.05, 4.69) is 15.6 Å². The molecule has 2 N–H and O–H groups in total.